The minimum Gasteiger partial charge on any atom is -0.495 e. The van der Waals surface area contributed by atoms with E-state index >= 15 is 0 Å². The Bertz CT molecular complexity index is 345. The quantitative estimate of drug-likeness (QED) is 0.719. The number of carbonyl (C=O) groups excluding carboxylic acids is 1. The minimum atomic E-state index is 0.279. The number of ether oxygens (including phenoxy) is 1. The van der Waals surface area contributed by atoms with Crippen LogP contribution in [0.3, 0.4) is 0 Å². The molecule has 1 rings (SSSR count). The highest BCUT2D eigenvalue weighted by molar-refractivity contribution is 6.32. The van der Waals surface area contributed by atoms with Gasteiger partial charge in [-0.15, -0.1) is 0 Å². The number of aldehydes is 1. The average Bonchev–Trinajstić information content (AvgIpc) is 2.16. The van der Waals surface area contributed by atoms with Crippen molar-refractivity contribution in [2.75, 3.05) is 7.11 Å². The summed E-state index contributed by atoms with van der Waals surface area (Å²) in [5.74, 6) is 0.891. The van der Waals surface area contributed by atoms with Crippen molar-refractivity contribution in [3.63, 3.8) is 0 Å². The van der Waals surface area contributed by atoms with E-state index < -0.39 is 0 Å². The Labute approximate surface area is 88.8 Å². The summed E-state index contributed by atoms with van der Waals surface area (Å²) in [5.41, 5.74) is 1.59. The molecule has 0 N–H and O–H groups in total. The van der Waals surface area contributed by atoms with Gasteiger partial charge in [0.1, 0.15) is 12.0 Å². The van der Waals surface area contributed by atoms with E-state index in [1.165, 1.54) is 0 Å². The fourth-order valence-electron chi connectivity index (χ4n) is 1.34. The highest BCUT2D eigenvalue weighted by Gasteiger charge is 2.10. The van der Waals surface area contributed by atoms with Crippen LogP contribution in [0.25, 0.3) is 0 Å². The lowest BCUT2D eigenvalue weighted by molar-refractivity contribution is 0.112. The number of benzene rings is 1. The van der Waals surface area contributed by atoms with Gasteiger partial charge in [-0.1, -0.05) is 25.4 Å². The standard InChI is InChI=1S/C11H13ClO2/c1-7(2)9-5-11(14-3)10(12)4-8(9)6-13/h4-7H,1-3H3. The first-order chi connectivity index (χ1) is 6.60. The molecule has 0 fully saturated rings. The van der Waals surface area contributed by atoms with E-state index in [1.807, 2.05) is 19.9 Å². The van der Waals surface area contributed by atoms with Crippen LogP contribution in [-0.4, -0.2) is 13.4 Å². The lowest BCUT2D eigenvalue weighted by Crippen LogP contribution is -1.97. The molecule has 0 aliphatic carbocycles. The summed E-state index contributed by atoms with van der Waals surface area (Å²) in [5, 5.41) is 0.471. The second-order valence-corrected chi connectivity index (χ2v) is 3.80. The first-order valence-corrected chi connectivity index (χ1v) is 4.80. The number of hydrogen-bond acceptors (Lipinski definition) is 2. The van der Waals surface area contributed by atoms with Crippen LogP contribution in [0.1, 0.15) is 35.7 Å². The van der Waals surface area contributed by atoms with E-state index in [0.29, 0.717) is 16.3 Å². The van der Waals surface area contributed by atoms with Crippen LogP contribution in [0.5, 0.6) is 5.75 Å². The van der Waals surface area contributed by atoms with Gasteiger partial charge in [0.15, 0.2) is 0 Å². The van der Waals surface area contributed by atoms with E-state index in [9.17, 15) is 4.79 Å². The molecule has 0 amide bonds. The SMILES string of the molecule is COc1cc(C(C)C)c(C=O)cc1Cl. The van der Waals surface area contributed by atoms with Gasteiger partial charge in [0.25, 0.3) is 0 Å². The van der Waals surface area contributed by atoms with Crippen LogP contribution in [0, 0.1) is 0 Å². The summed E-state index contributed by atoms with van der Waals surface area (Å²) in [6.45, 7) is 4.05. The predicted octanol–water partition coefficient (Wildman–Crippen LogP) is 3.28. The van der Waals surface area contributed by atoms with Crippen LogP contribution in [0.4, 0.5) is 0 Å². The lowest BCUT2D eigenvalue weighted by atomic mass is 9.97. The predicted molar refractivity (Wildman–Crippen MR) is 57.5 cm³/mol. The molecule has 0 saturated carbocycles. The Kier molecular flexibility index (Phi) is 3.53. The van der Waals surface area contributed by atoms with Crippen molar-refractivity contribution in [1.82, 2.24) is 0 Å². The molecule has 1 aromatic carbocycles. The Hall–Kier alpha value is -1.02. The van der Waals surface area contributed by atoms with Gasteiger partial charge in [0.05, 0.1) is 12.1 Å². The second kappa shape index (κ2) is 4.47. The maximum absolute atomic E-state index is 10.8. The number of rotatable bonds is 3. The van der Waals surface area contributed by atoms with Crippen molar-refractivity contribution in [2.45, 2.75) is 19.8 Å². The van der Waals surface area contributed by atoms with Crippen molar-refractivity contribution in [2.24, 2.45) is 0 Å². The summed E-state index contributed by atoms with van der Waals surface area (Å²) < 4.78 is 5.09. The maximum atomic E-state index is 10.8. The molecule has 0 bridgehead atoms. The molecule has 1 aromatic rings. The second-order valence-electron chi connectivity index (χ2n) is 3.39. The molecule has 14 heavy (non-hydrogen) atoms. The monoisotopic (exact) mass is 212 g/mol. The summed E-state index contributed by atoms with van der Waals surface area (Å²) in [6.07, 6.45) is 0.820. The molecular formula is C11H13ClO2. The average molecular weight is 213 g/mol. The van der Waals surface area contributed by atoms with Crippen LogP contribution >= 0.6 is 11.6 Å². The van der Waals surface area contributed by atoms with Crippen molar-refractivity contribution in [3.05, 3.63) is 28.3 Å². The third-order valence-electron chi connectivity index (χ3n) is 2.11. The molecule has 0 atom stereocenters. The molecule has 0 aliphatic heterocycles. The van der Waals surface area contributed by atoms with E-state index in [-0.39, 0.29) is 5.92 Å². The van der Waals surface area contributed by atoms with Gasteiger partial charge in [0, 0.05) is 5.56 Å². The van der Waals surface area contributed by atoms with E-state index in [2.05, 4.69) is 0 Å². The normalized spacial score (nSPS) is 10.4. The molecule has 0 heterocycles. The summed E-state index contributed by atoms with van der Waals surface area (Å²) in [4.78, 5) is 10.8. The third kappa shape index (κ3) is 2.07. The summed E-state index contributed by atoms with van der Waals surface area (Å²) in [6, 6.07) is 3.46. The number of halogens is 1. The highest BCUT2D eigenvalue weighted by atomic mass is 35.5. The zero-order valence-electron chi connectivity index (χ0n) is 8.50. The van der Waals surface area contributed by atoms with Crippen LogP contribution in [0.2, 0.25) is 5.02 Å². The van der Waals surface area contributed by atoms with E-state index in [0.717, 1.165) is 11.8 Å². The van der Waals surface area contributed by atoms with Crippen LogP contribution in [0.15, 0.2) is 12.1 Å². The van der Waals surface area contributed by atoms with Gasteiger partial charge in [-0.25, -0.2) is 0 Å². The number of hydrogen-bond donors (Lipinski definition) is 0. The largest absolute Gasteiger partial charge is 0.495 e. The molecular weight excluding hydrogens is 200 g/mol. The molecule has 3 heteroatoms. The Morgan fingerprint density at radius 2 is 2.07 bits per heavy atom. The van der Waals surface area contributed by atoms with Gasteiger partial charge in [-0.05, 0) is 23.6 Å². The molecule has 0 aliphatic rings. The van der Waals surface area contributed by atoms with Crippen LogP contribution in [-0.2, 0) is 0 Å². The highest BCUT2D eigenvalue weighted by Crippen LogP contribution is 2.30. The molecule has 2 nitrogen and oxygen atoms in total. The van der Waals surface area contributed by atoms with Gasteiger partial charge in [-0.3, -0.25) is 4.79 Å². The number of carbonyl (C=O) groups is 1. The number of methoxy groups -OCH3 is 1. The zero-order valence-corrected chi connectivity index (χ0v) is 9.26. The summed E-state index contributed by atoms with van der Waals surface area (Å²) in [7, 11) is 1.56. The van der Waals surface area contributed by atoms with Gasteiger partial charge >= 0.3 is 0 Å². The molecule has 0 aromatic heterocycles. The van der Waals surface area contributed by atoms with Crippen molar-refractivity contribution in [3.8, 4) is 5.75 Å². The third-order valence-corrected chi connectivity index (χ3v) is 2.40. The smallest absolute Gasteiger partial charge is 0.150 e. The topological polar surface area (TPSA) is 26.3 Å². The molecule has 0 unspecified atom stereocenters. The molecule has 0 saturated heterocycles. The van der Waals surface area contributed by atoms with Gasteiger partial charge < -0.3 is 4.74 Å². The van der Waals surface area contributed by atoms with Gasteiger partial charge in [-0.2, -0.15) is 0 Å². The van der Waals surface area contributed by atoms with E-state index in [1.54, 1.807) is 13.2 Å². The fraction of sp³-hybridized carbons (Fsp3) is 0.364. The Morgan fingerprint density at radius 1 is 1.43 bits per heavy atom. The summed E-state index contributed by atoms with van der Waals surface area (Å²) >= 11 is 5.90. The zero-order chi connectivity index (χ0) is 10.7. The Balaban J connectivity index is 3.32. The van der Waals surface area contributed by atoms with E-state index in [4.69, 9.17) is 16.3 Å². The fourth-order valence-corrected chi connectivity index (χ4v) is 1.59. The van der Waals surface area contributed by atoms with Crippen LogP contribution < -0.4 is 4.74 Å². The molecule has 0 spiro atoms. The first kappa shape index (κ1) is 11.1. The maximum Gasteiger partial charge on any atom is 0.150 e. The lowest BCUT2D eigenvalue weighted by Gasteiger charge is -2.12. The first-order valence-electron chi connectivity index (χ1n) is 4.42. The van der Waals surface area contributed by atoms with Gasteiger partial charge in [0.2, 0.25) is 0 Å². The van der Waals surface area contributed by atoms with Crippen molar-refractivity contribution < 1.29 is 9.53 Å². The van der Waals surface area contributed by atoms with Crippen molar-refractivity contribution >= 4 is 17.9 Å². The van der Waals surface area contributed by atoms with Crippen molar-refractivity contribution in [1.29, 1.82) is 0 Å². The molecule has 0 radical (unpaired) electrons. The Morgan fingerprint density at radius 3 is 2.50 bits per heavy atom. The minimum absolute atomic E-state index is 0.279. The molecule has 76 valence electrons.